The fourth-order valence-electron chi connectivity index (χ4n) is 4.61. The van der Waals surface area contributed by atoms with E-state index in [4.69, 9.17) is 4.74 Å². The van der Waals surface area contributed by atoms with Crippen molar-refractivity contribution in [1.82, 2.24) is 9.80 Å². The molecule has 32 heavy (non-hydrogen) atoms. The molecule has 4 heteroatoms. The van der Waals surface area contributed by atoms with E-state index in [0.29, 0.717) is 6.04 Å². The number of carbonyl (C=O) groups is 1. The smallest absolute Gasteiger partial charge is 0.254 e. The summed E-state index contributed by atoms with van der Waals surface area (Å²) in [6.45, 7) is 9.03. The first-order valence-electron chi connectivity index (χ1n) is 11.5. The zero-order valence-corrected chi connectivity index (χ0v) is 19.9. The topological polar surface area (TPSA) is 32.8 Å². The number of hydrogen-bond acceptors (Lipinski definition) is 3. The summed E-state index contributed by atoms with van der Waals surface area (Å²) < 4.78 is 5.33. The monoisotopic (exact) mass is 430 g/mol. The first-order valence-corrected chi connectivity index (χ1v) is 11.5. The fourth-order valence-corrected chi connectivity index (χ4v) is 4.61. The summed E-state index contributed by atoms with van der Waals surface area (Å²) in [4.78, 5) is 17.4. The summed E-state index contributed by atoms with van der Waals surface area (Å²) in [5.74, 6) is 1.07. The third kappa shape index (κ3) is 4.51. The van der Waals surface area contributed by atoms with E-state index in [1.54, 1.807) is 7.11 Å². The Morgan fingerprint density at radius 2 is 1.75 bits per heavy atom. The maximum atomic E-state index is 13.0. The molecule has 4 rings (SSSR count). The molecule has 0 fully saturated rings. The highest BCUT2D eigenvalue weighted by Crippen LogP contribution is 2.27. The molecule has 3 aromatic carbocycles. The predicted octanol–water partition coefficient (Wildman–Crippen LogP) is 5.55. The van der Waals surface area contributed by atoms with E-state index in [2.05, 4.69) is 75.2 Å². The molecule has 1 heterocycles. The van der Waals surface area contributed by atoms with Crippen molar-refractivity contribution in [2.75, 3.05) is 33.8 Å². The van der Waals surface area contributed by atoms with E-state index in [9.17, 15) is 4.79 Å². The third-order valence-corrected chi connectivity index (χ3v) is 7.04. The Morgan fingerprint density at radius 3 is 2.53 bits per heavy atom. The number of ether oxygens (including phenoxy) is 1. The lowest BCUT2D eigenvalue weighted by atomic mass is 9.94. The van der Waals surface area contributed by atoms with Crippen LogP contribution >= 0.6 is 0 Å². The van der Waals surface area contributed by atoms with Crippen LogP contribution in [-0.4, -0.2) is 49.5 Å². The number of nitrogens with zero attached hydrogens (tertiary/aromatic N) is 2. The Hall–Kier alpha value is -2.85. The van der Waals surface area contributed by atoms with E-state index in [-0.39, 0.29) is 5.91 Å². The zero-order valence-electron chi connectivity index (χ0n) is 19.9. The van der Waals surface area contributed by atoms with E-state index in [0.717, 1.165) is 43.8 Å². The Bertz CT molecular complexity index is 1140. The SMILES string of the molecule is COc1ccc2cc(C(C)N(C)CCCN3CCc4cc(C)c(C)cc4C3=O)ccc2c1. The maximum absolute atomic E-state index is 13.0. The number of benzene rings is 3. The van der Waals surface area contributed by atoms with Gasteiger partial charge >= 0.3 is 0 Å². The second-order valence-electron chi connectivity index (χ2n) is 9.12. The summed E-state index contributed by atoms with van der Waals surface area (Å²) in [5.41, 5.74) is 5.87. The molecule has 0 aliphatic carbocycles. The molecule has 0 saturated heterocycles. The van der Waals surface area contributed by atoms with Crippen LogP contribution in [0.15, 0.2) is 48.5 Å². The summed E-state index contributed by atoms with van der Waals surface area (Å²) in [7, 11) is 3.87. The van der Waals surface area contributed by atoms with Gasteiger partial charge in [0, 0.05) is 31.2 Å². The van der Waals surface area contributed by atoms with Crippen molar-refractivity contribution in [3.05, 3.63) is 76.3 Å². The van der Waals surface area contributed by atoms with E-state index < -0.39 is 0 Å². The second-order valence-corrected chi connectivity index (χ2v) is 9.12. The molecule has 168 valence electrons. The third-order valence-electron chi connectivity index (χ3n) is 7.04. The van der Waals surface area contributed by atoms with Gasteiger partial charge in [-0.1, -0.05) is 24.3 Å². The van der Waals surface area contributed by atoms with Crippen molar-refractivity contribution in [3.63, 3.8) is 0 Å². The normalized spacial score (nSPS) is 14.7. The number of carbonyl (C=O) groups excluding carboxylic acids is 1. The van der Waals surface area contributed by atoms with Gasteiger partial charge in [0.2, 0.25) is 0 Å². The highest BCUT2D eigenvalue weighted by molar-refractivity contribution is 5.97. The van der Waals surface area contributed by atoms with Crippen LogP contribution in [0, 0.1) is 13.8 Å². The van der Waals surface area contributed by atoms with Gasteiger partial charge in [0.25, 0.3) is 5.91 Å². The van der Waals surface area contributed by atoms with Gasteiger partial charge in [0.15, 0.2) is 0 Å². The highest BCUT2D eigenvalue weighted by atomic mass is 16.5. The fraction of sp³-hybridized carbons (Fsp3) is 0.393. The van der Waals surface area contributed by atoms with Crippen molar-refractivity contribution >= 4 is 16.7 Å². The molecule has 1 unspecified atom stereocenters. The standard InChI is InChI=1S/C28H34N2O2/c1-19-15-25-11-14-30(28(31)27(25)16-20(19)2)13-6-12-29(4)21(3)22-7-8-24-18-26(32-5)10-9-23(24)17-22/h7-10,15-18,21H,6,11-14H2,1-5H3. The van der Waals surface area contributed by atoms with E-state index >= 15 is 0 Å². The van der Waals surface area contributed by atoms with Crippen molar-refractivity contribution in [3.8, 4) is 5.75 Å². The molecule has 0 aromatic heterocycles. The Labute approximate surface area is 191 Å². The molecule has 1 aliphatic rings. The van der Waals surface area contributed by atoms with E-state index in [1.807, 2.05) is 11.0 Å². The second kappa shape index (κ2) is 9.33. The minimum Gasteiger partial charge on any atom is -0.497 e. The van der Waals surface area contributed by atoms with Crippen LogP contribution in [0.3, 0.4) is 0 Å². The lowest BCUT2D eigenvalue weighted by Crippen LogP contribution is -2.39. The van der Waals surface area contributed by atoms with Gasteiger partial charge in [-0.15, -0.1) is 0 Å². The quantitative estimate of drug-likeness (QED) is 0.493. The largest absolute Gasteiger partial charge is 0.497 e. The summed E-state index contributed by atoms with van der Waals surface area (Å²) in [5, 5.41) is 2.42. The molecule has 4 nitrogen and oxygen atoms in total. The molecule has 0 spiro atoms. The molecule has 1 amide bonds. The zero-order chi connectivity index (χ0) is 22.8. The van der Waals surface area contributed by atoms with Crippen LogP contribution in [0.5, 0.6) is 5.75 Å². The lowest BCUT2D eigenvalue weighted by molar-refractivity contribution is 0.0731. The van der Waals surface area contributed by atoms with Crippen LogP contribution in [-0.2, 0) is 6.42 Å². The number of rotatable bonds is 7. The summed E-state index contributed by atoms with van der Waals surface area (Å²) >= 11 is 0. The van der Waals surface area contributed by atoms with Gasteiger partial charge in [0.05, 0.1) is 7.11 Å². The number of aryl methyl sites for hydroxylation is 2. The molecule has 0 bridgehead atoms. The first-order chi connectivity index (χ1) is 15.4. The van der Waals surface area contributed by atoms with Gasteiger partial charge in [-0.05, 0) is 98.0 Å². The van der Waals surface area contributed by atoms with Gasteiger partial charge in [-0.2, -0.15) is 0 Å². The first kappa shape index (κ1) is 22.3. The minimum atomic E-state index is 0.190. The van der Waals surface area contributed by atoms with Crippen LogP contribution in [0.4, 0.5) is 0 Å². The number of hydrogen-bond donors (Lipinski definition) is 0. The molecule has 0 radical (unpaired) electrons. The molecule has 1 aliphatic heterocycles. The number of methoxy groups -OCH3 is 1. The maximum Gasteiger partial charge on any atom is 0.254 e. The molecule has 0 saturated carbocycles. The Balaban J connectivity index is 1.35. The molecule has 3 aromatic rings. The van der Waals surface area contributed by atoms with Crippen LogP contribution < -0.4 is 4.74 Å². The van der Waals surface area contributed by atoms with Crippen molar-refractivity contribution < 1.29 is 9.53 Å². The molecule has 0 N–H and O–H groups in total. The predicted molar refractivity (Wildman–Crippen MR) is 132 cm³/mol. The van der Waals surface area contributed by atoms with Gasteiger partial charge < -0.3 is 9.64 Å². The van der Waals surface area contributed by atoms with Crippen molar-refractivity contribution in [1.29, 1.82) is 0 Å². The van der Waals surface area contributed by atoms with Gasteiger partial charge in [-0.25, -0.2) is 0 Å². The number of fused-ring (bicyclic) bond motifs is 2. The van der Waals surface area contributed by atoms with Gasteiger partial charge in [-0.3, -0.25) is 9.69 Å². The average molecular weight is 431 g/mol. The Kier molecular flexibility index (Phi) is 6.52. The summed E-state index contributed by atoms with van der Waals surface area (Å²) in [6, 6.07) is 17.4. The van der Waals surface area contributed by atoms with Gasteiger partial charge in [0.1, 0.15) is 5.75 Å². The highest BCUT2D eigenvalue weighted by Gasteiger charge is 2.24. The molecule has 1 atom stereocenters. The van der Waals surface area contributed by atoms with E-state index in [1.165, 1.54) is 33.0 Å². The average Bonchev–Trinajstić information content (AvgIpc) is 2.80. The summed E-state index contributed by atoms with van der Waals surface area (Å²) in [6.07, 6.45) is 1.92. The number of amides is 1. The Morgan fingerprint density at radius 1 is 1.03 bits per heavy atom. The van der Waals surface area contributed by atoms with Crippen molar-refractivity contribution in [2.24, 2.45) is 0 Å². The lowest BCUT2D eigenvalue weighted by Gasteiger charge is -2.31. The van der Waals surface area contributed by atoms with Crippen LogP contribution in [0.1, 0.15) is 52.0 Å². The van der Waals surface area contributed by atoms with Crippen LogP contribution in [0.2, 0.25) is 0 Å². The molecular weight excluding hydrogens is 396 g/mol. The van der Waals surface area contributed by atoms with Crippen molar-refractivity contribution in [2.45, 2.75) is 39.7 Å². The minimum absolute atomic E-state index is 0.190. The van der Waals surface area contributed by atoms with Crippen LogP contribution in [0.25, 0.3) is 10.8 Å². The molecular formula is C28H34N2O2.